The lowest BCUT2D eigenvalue weighted by atomic mass is 9.99. The Morgan fingerprint density at radius 3 is 2.13 bits per heavy atom. The highest BCUT2D eigenvalue weighted by Crippen LogP contribution is 2.13. The number of aryl methyl sites for hydroxylation is 1. The number of rotatable bonds is 2. The van der Waals surface area contributed by atoms with Crippen molar-refractivity contribution in [1.29, 1.82) is 0 Å². The van der Waals surface area contributed by atoms with E-state index in [0.717, 1.165) is 16.7 Å². The fraction of sp³-hybridized carbons (Fsp3) is 0.0714. The van der Waals surface area contributed by atoms with Gasteiger partial charge in [-0.3, -0.25) is 4.79 Å². The van der Waals surface area contributed by atoms with Crippen LogP contribution in [0, 0.1) is 6.92 Å². The van der Waals surface area contributed by atoms with Crippen molar-refractivity contribution in [2.24, 2.45) is 0 Å². The summed E-state index contributed by atoms with van der Waals surface area (Å²) in [5.74, 6) is 0.0914. The Morgan fingerprint density at radius 2 is 1.47 bits per heavy atom. The van der Waals surface area contributed by atoms with Gasteiger partial charge in [0.2, 0.25) is 0 Å². The van der Waals surface area contributed by atoms with Gasteiger partial charge in [-0.2, -0.15) is 0 Å². The van der Waals surface area contributed by atoms with Crippen LogP contribution in [0.4, 0.5) is 0 Å². The predicted octanol–water partition coefficient (Wildman–Crippen LogP) is 3.23. The smallest absolute Gasteiger partial charge is 0.193 e. The van der Waals surface area contributed by atoms with Crippen LogP contribution in [0.25, 0.3) is 0 Å². The Balaban J connectivity index is 2.42. The van der Waals surface area contributed by atoms with E-state index in [4.69, 9.17) is 0 Å². The summed E-state index contributed by atoms with van der Waals surface area (Å²) in [4.78, 5) is 12.1. The molecule has 2 rings (SSSR count). The van der Waals surface area contributed by atoms with Crippen molar-refractivity contribution in [2.75, 3.05) is 0 Å². The summed E-state index contributed by atoms with van der Waals surface area (Å²) < 4.78 is 0. The number of carbonyl (C=O) groups excluding carboxylic acids is 1. The van der Waals surface area contributed by atoms with Crippen molar-refractivity contribution in [3.63, 3.8) is 0 Å². The first-order valence-electron chi connectivity index (χ1n) is 4.94. The Hall–Kier alpha value is -1.89. The summed E-state index contributed by atoms with van der Waals surface area (Å²) in [5, 5.41) is 0. The van der Waals surface area contributed by atoms with Crippen LogP contribution in [0.2, 0.25) is 0 Å². The number of hydrogen-bond acceptors (Lipinski definition) is 1. The number of hydrogen-bond donors (Lipinski definition) is 0. The standard InChI is InChI=1S/C14H12O/c1-11-7-5-6-10-13(11)14(15)12-8-3-2-4-9-12/h2-10H,1H3. The van der Waals surface area contributed by atoms with E-state index in [1.165, 1.54) is 0 Å². The summed E-state index contributed by atoms with van der Waals surface area (Å²) >= 11 is 0. The highest BCUT2D eigenvalue weighted by Gasteiger charge is 2.09. The van der Waals surface area contributed by atoms with Crippen molar-refractivity contribution < 1.29 is 4.79 Å². The highest BCUT2D eigenvalue weighted by molar-refractivity contribution is 6.09. The summed E-state index contributed by atoms with van der Waals surface area (Å²) in [6.07, 6.45) is 0. The fourth-order valence-electron chi connectivity index (χ4n) is 1.57. The first-order chi connectivity index (χ1) is 7.29. The first kappa shape index (κ1) is 9.66. The summed E-state index contributed by atoms with van der Waals surface area (Å²) in [5.41, 5.74) is 2.54. The zero-order valence-corrected chi connectivity index (χ0v) is 8.60. The summed E-state index contributed by atoms with van der Waals surface area (Å²) in [6, 6.07) is 17.0. The maximum Gasteiger partial charge on any atom is 0.193 e. The quantitative estimate of drug-likeness (QED) is 0.674. The lowest BCUT2D eigenvalue weighted by Gasteiger charge is -2.03. The van der Waals surface area contributed by atoms with E-state index in [1.807, 2.05) is 61.5 Å². The van der Waals surface area contributed by atoms with Crippen LogP contribution in [-0.2, 0) is 0 Å². The van der Waals surface area contributed by atoms with Gasteiger partial charge in [0.25, 0.3) is 0 Å². The second kappa shape index (κ2) is 4.09. The molecule has 0 bridgehead atoms. The first-order valence-corrected chi connectivity index (χ1v) is 4.94. The van der Waals surface area contributed by atoms with Crippen LogP contribution >= 0.6 is 0 Å². The van der Waals surface area contributed by atoms with E-state index >= 15 is 0 Å². The summed E-state index contributed by atoms with van der Waals surface area (Å²) in [6.45, 7) is 1.95. The topological polar surface area (TPSA) is 17.1 Å². The Labute approximate surface area is 89.4 Å². The van der Waals surface area contributed by atoms with Crippen LogP contribution < -0.4 is 0 Å². The van der Waals surface area contributed by atoms with Gasteiger partial charge >= 0.3 is 0 Å². The molecule has 0 fully saturated rings. The molecular weight excluding hydrogens is 184 g/mol. The molecule has 2 aromatic carbocycles. The molecule has 74 valence electrons. The van der Waals surface area contributed by atoms with Gasteiger partial charge in [-0.1, -0.05) is 54.6 Å². The van der Waals surface area contributed by atoms with Crippen molar-refractivity contribution in [1.82, 2.24) is 0 Å². The largest absolute Gasteiger partial charge is 0.289 e. The minimum atomic E-state index is 0.0914. The third-order valence-electron chi connectivity index (χ3n) is 2.43. The molecule has 0 amide bonds. The van der Waals surface area contributed by atoms with Crippen LogP contribution in [-0.4, -0.2) is 5.78 Å². The van der Waals surface area contributed by atoms with E-state index in [2.05, 4.69) is 0 Å². The third kappa shape index (κ3) is 1.96. The van der Waals surface area contributed by atoms with E-state index in [9.17, 15) is 4.79 Å². The van der Waals surface area contributed by atoms with Gasteiger partial charge < -0.3 is 0 Å². The molecule has 0 aromatic heterocycles. The van der Waals surface area contributed by atoms with E-state index in [0.29, 0.717) is 0 Å². The van der Waals surface area contributed by atoms with E-state index in [1.54, 1.807) is 0 Å². The average molecular weight is 196 g/mol. The zero-order valence-electron chi connectivity index (χ0n) is 8.60. The van der Waals surface area contributed by atoms with Crippen molar-refractivity contribution in [3.05, 3.63) is 71.3 Å². The molecule has 2 aromatic rings. The van der Waals surface area contributed by atoms with Crippen molar-refractivity contribution in [2.45, 2.75) is 6.92 Å². The summed E-state index contributed by atoms with van der Waals surface area (Å²) in [7, 11) is 0. The SMILES string of the molecule is Cc1ccccc1C(=O)c1ccccc1. The number of ketones is 1. The monoisotopic (exact) mass is 196 g/mol. The van der Waals surface area contributed by atoms with Gasteiger partial charge in [0.1, 0.15) is 0 Å². The predicted molar refractivity (Wildman–Crippen MR) is 61.1 cm³/mol. The highest BCUT2D eigenvalue weighted by atomic mass is 16.1. The van der Waals surface area contributed by atoms with E-state index < -0.39 is 0 Å². The number of benzene rings is 2. The molecule has 1 nitrogen and oxygen atoms in total. The normalized spacial score (nSPS) is 9.93. The van der Waals surface area contributed by atoms with Gasteiger partial charge in [-0.15, -0.1) is 0 Å². The van der Waals surface area contributed by atoms with E-state index in [-0.39, 0.29) is 5.78 Å². The maximum atomic E-state index is 12.1. The zero-order chi connectivity index (χ0) is 10.7. The minimum absolute atomic E-state index is 0.0914. The molecule has 0 atom stereocenters. The second-order valence-electron chi connectivity index (χ2n) is 3.51. The van der Waals surface area contributed by atoms with Gasteiger partial charge in [0.15, 0.2) is 5.78 Å². The molecule has 0 saturated heterocycles. The van der Waals surface area contributed by atoms with Gasteiger partial charge in [0, 0.05) is 11.1 Å². The molecule has 0 radical (unpaired) electrons. The lowest BCUT2D eigenvalue weighted by Crippen LogP contribution is -2.02. The van der Waals surface area contributed by atoms with Crippen LogP contribution in [0.15, 0.2) is 54.6 Å². The van der Waals surface area contributed by atoms with Crippen LogP contribution in [0.3, 0.4) is 0 Å². The van der Waals surface area contributed by atoms with Gasteiger partial charge in [-0.05, 0) is 12.5 Å². The molecule has 0 N–H and O–H groups in total. The minimum Gasteiger partial charge on any atom is -0.289 e. The molecule has 0 aliphatic heterocycles. The Kier molecular flexibility index (Phi) is 2.64. The van der Waals surface area contributed by atoms with Crippen LogP contribution in [0.5, 0.6) is 0 Å². The molecular formula is C14H12O. The van der Waals surface area contributed by atoms with Crippen molar-refractivity contribution in [3.8, 4) is 0 Å². The Bertz CT molecular complexity index is 472. The molecule has 0 heterocycles. The fourth-order valence-corrected chi connectivity index (χ4v) is 1.57. The third-order valence-corrected chi connectivity index (χ3v) is 2.43. The molecule has 0 unspecified atom stereocenters. The number of carbonyl (C=O) groups is 1. The van der Waals surface area contributed by atoms with Crippen molar-refractivity contribution >= 4 is 5.78 Å². The van der Waals surface area contributed by atoms with Gasteiger partial charge in [-0.25, -0.2) is 0 Å². The molecule has 0 aliphatic rings. The molecule has 15 heavy (non-hydrogen) atoms. The second-order valence-corrected chi connectivity index (χ2v) is 3.51. The molecule has 0 aliphatic carbocycles. The molecule has 0 spiro atoms. The average Bonchev–Trinajstić information content (AvgIpc) is 2.30. The molecule has 0 saturated carbocycles. The molecule has 1 heteroatoms. The lowest BCUT2D eigenvalue weighted by molar-refractivity contribution is 0.103. The maximum absolute atomic E-state index is 12.1. The van der Waals surface area contributed by atoms with Gasteiger partial charge in [0.05, 0.1) is 0 Å². The Morgan fingerprint density at radius 1 is 0.867 bits per heavy atom. The van der Waals surface area contributed by atoms with Crippen LogP contribution in [0.1, 0.15) is 21.5 Å².